The first-order chi connectivity index (χ1) is 9.78. The molecule has 2 unspecified atom stereocenters. The van der Waals surface area contributed by atoms with E-state index in [1.807, 2.05) is 12.1 Å². The van der Waals surface area contributed by atoms with Gasteiger partial charge in [-0.2, -0.15) is 17.0 Å². The standard InChI is InChI=1S/C16H22N2OS/c1-3-20-16-6-4-5-14(16)18-11-13-9-12(10-17)7-8-15(13)19-2/h7-9,14,16,18H,3-6,11H2,1-2H3. The Morgan fingerprint density at radius 1 is 1.45 bits per heavy atom. The molecule has 0 aromatic heterocycles. The fraction of sp³-hybridized carbons (Fsp3) is 0.562. The minimum Gasteiger partial charge on any atom is -0.496 e. The van der Waals surface area contributed by atoms with E-state index < -0.39 is 0 Å². The third-order valence-corrected chi connectivity index (χ3v) is 5.12. The van der Waals surface area contributed by atoms with Crippen molar-refractivity contribution in [1.29, 1.82) is 5.26 Å². The van der Waals surface area contributed by atoms with Gasteiger partial charge in [0.2, 0.25) is 0 Å². The molecule has 0 heterocycles. The molecule has 3 nitrogen and oxygen atoms in total. The zero-order chi connectivity index (χ0) is 14.4. The van der Waals surface area contributed by atoms with Crippen LogP contribution in [0.1, 0.15) is 37.3 Å². The predicted molar refractivity (Wildman–Crippen MR) is 84.1 cm³/mol. The number of nitrogens with one attached hydrogen (secondary N) is 1. The van der Waals surface area contributed by atoms with Crippen molar-refractivity contribution >= 4 is 11.8 Å². The molecule has 0 amide bonds. The van der Waals surface area contributed by atoms with Crippen LogP contribution in [0.2, 0.25) is 0 Å². The van der Waals surface area contributed by atoms with Crippen molar-refractivity contribution in [3.63, 3.8) is 0 Å². The lowest BCUT2D eigenvalue weighted by Gasteiger charge is -2.21. The maximum Gasteiger partial charge on any atom is 0.123 e. The van der Waals surface area contributed by atoms with Crippen LogP contribution in [0, 0.1) is 11.3 Å². The summed E-state index contributed by atoms with van der Waals surface area (Å²) in [5, 5.41) is 13.4. The van der Waals surface area contributed by atoms with Gasteiger partial charge in [0.25, 0.3) is 0 Å². The normalized spacial score (nSPS) is 21.6. The summed E-state index contributed by atoms with van der Waals surface area (Å²) in [7, 11) is 1.68. The van der Waals surface area contributed by atoms with Crippen LogP contribution < -0.4 is 10.1 Å². The largest absolute Gasteiger partial charge is 0.496 e. The van der Waals surface area contributed by atoms with Crippen molar-refractivity contribution in [2.75, 3.05) is 12.9 Å². The van der Waals surface area contributed by atoms with Gasteiger partial charge < -0.3 is 10.1 Å². The number of thioether (sulfide) groups is 1. The summed E-state index contributed by atoms with van der Waals surface area (Å²) in [6, 6.07) is 8.36. The highest BCUT2D eigenvalue weighted by Gasteiger charge is 2.26. The molecular formula is C16H22N2OS. The van der Waals surface area contributed by atoms with E-state index in [9.17, 15) is 0 Å². The van der Waals surface area contributed by atoms with Crippen molar-refractivity contribution in [2.24, 2.45) is 0 Å². The van der Waals surface area contributed by atoms with Crippen molar-refractivity contribution < 1.29 is 4.74 Å². The molecule has 108 valence electrons. The van der Waals surface area contributed by atoms with E-state index in [1.54, 1.807) is 13.2 Å². The number of methoxy groups -OCH3 is 1. The Morgan fingerprint density at radius 2 is 2.30 bits per heavy atom. The summed E-state index contributed by atoms with van der Waals surface area (Å²) in [6.45, 7) is 2.99. The number of hydrogen-bond donors (Lipinski definition) is 1. The molecule has 1 aromatic rings. The zero-order valence-electron chi connectivity index (χ0n) is 12.2. The number of ether oxygens (including phenoxy) is 1. The second-order valence-corrected chi connectivity index (χ2v) is 6.57. The third kappa shape index (κ3) is 3.68. The highest BCUT2D eigenvalue weighted by molar-refractivity contribution is 7.99. The van der Waals surface area contributed by atoms with Crippen LogP contribution in [0.3, 0.4) is 0 Å². The van der Waals surface area contributed by atoms with Gasteiger partial charge in [-0.15, -0.1) is 0 Å². The molecule has 1 aromatic carbocycles. The van der Waals surface area contributed by atoms with Gasteiger partial charge in [-0.05, 0) is 36.8 Å². The molecule has 1 N–H and O–H groups in total. The lowest BCUT2D eigenvalue weighted by Crippen LogP contribution is -2.33. The lowest BCUT2D eigenvalue weighted by atomic mass is 10.1. The molecule has 1 saturated carbocycles. The molecule has 0 radical (unpaired) electrons. The average molecular weight is 290 g/mol. The van der Waals surface area contributed by atoms with Crippen LogP contribution in [0.15, 0.2) is 18.2 Å². The van der Waals surface area contributed by atoms with Gasteiger partial charge in [0, 0.05) is 23.4 Å². The van der Waals surface area contributed by atoms with E-state index in [0.717, 1.165) is 23.1 Å². The molecule has 0 aliphatic heterocycles. The minimum atomic E-state index is 0.579. The Kier molecular flexibility index (Phi) is 5.75. The molecular weight excluding hydrogens is 268 g/mol. The maximum atomic E-state index is 9.00. The minimum absolute atomic E-state index is 0.579. The summed E-state index contributed by atoms with van der Waals surface area (Å²) in [5.74, 6) is 2.03. The Hall–Kier alpha value is -1.18. The van der Waals surface area contributed by atoms with E-state index in [0.29, 0.717) is 11.6 Å². The van der Waals surface area contributed by atoms with E-state index in [1.165, 1.54) is 25.0 Å². The SMILES string of the molecule is CCSC1CCCC1NCc1cc(C#N)ccc1OC. The van der Waals surface area contributed by atoms with Crippen LogP contribution in [0.25, 0.3) is 0 Å². The Morgan fingerprint density at radius 3 is 3.00 bits per heavy atom. The van der Waals surface area contributed by atoms with E-state index in [-0.39, 0.29) is 0 Å². The molecule has 0 bridgehead atoms. The second kappa shape index (κ2) is 7.56. The van der Waals surface area contributed by atoms with Crippen LogP contribution in [0.5, 0.6) is 5.75 Å². The van der Waals surface area contributed by atoms with E-state index >= 15 is 0 Å². The van der Waals surface area contributed by atoms with Crippen LogP contribution in [-0.4, -0.2) is 24.2 Å². The molecule has 0 spiro atoms. The first-order valence-electron chi connectivity index (χ1n) is 7.20. The highest BCUT2D eigenvalue weighted by atomic mass is 32.2. The quantitative estimate of drug-likeness (QED) is 0.873. The van der Waals surface area contributed by atoms with Crippen LogP contribution >= 0.6 is 11.8 Å². The summed E-state index contributed by atoms with van der Waals surface area (Å²) in [4.78, 5) is 0. The van der Waals surface area contributed by atoms with E-state index in [4.69, 9.17) is 10.00 Å². The molecule has 2 rings (SSSR count). The highest BCUT2D eigenvalue weighted by Crippen LogP contribution is 2.30. The van der Waals surface area contributed by atoms with Gasteiger partial charge in [0.05, 0.1) is 18.7 Å². The van der Waals surface area contributed by atoms with Crippen molar-refractivity contribution in [3.05, 3.63) is 29.3 Å². The topological polar surface area (TPSA) is 45.0 Å². The Balaban J connectivity index is 2.01. The first kappa shape index (κ1) is 15.2. The lowest BCUT2D eigenvalue weighted by molar-refractivity contribution is 0.405. The molecule has 1 fully saturated rings. The van der Waals surface area contributed by atoms with E-state index in [2.05, 4.69) is 30.1 Å². The van der Waals surface area contributed by atoms with Gasteiger partial charge in [0.15, 0.2) is 0 Å². The number of nitriles is 1. The average Bonchev–Trinajstić information content (AvgIpc) is 2.92. The Bertz CT molecular complexity index is 484. The fourth-order valence-corrected chi connectivity index (χ4v) is 4.03. The number of nitrogens with zero attached hydrogens (tertiary/aromatic N) is 1. The Labute approximate surface area is 125 Å². The fourth-order valence-electron chi connectivity index (χ4n) is 2.80. The van der Waals surface area contributed by atoms with Crippen molar-refractivity contribution in [2.45, 2.75) is 44.0 Å². The second-order valence-electron chi connectivity index (χ2n) is 5.05. The molecule has 2 atom stereocenters. The molecule has 20 heavy (non-hydrogen) atoms. The van der Waals surface area contributed by atoms with Gasteiger partial charge in [0.1, 0.15) is 5.75 Å². The van der Waals surface area contributed by atoms with Gasteiger partial charge in [-0.25, -0.2) is 0 Å². The monoisotopic (exact) mass is 290 g/mol. The molecule has 1 aliphatic rings. The van der Waals surface area contributed by atoms with Crippen molar-refractivity contribution in [1.82, 2.24) is 5.32 Å². The summed E-state index contributed by atoms with van der Waals surface area (Å²) < 4.78 is 5.38. The van der Waals surface area contributed by atoms with Gasteiger partial charge in [-0.1, -0.05) is 13.3 Å². The first-order valence-corrected chi connectivity index (χ1v) is 8.25. The maximum absolute atomic E-state index is 9.00. The van der Waals surface area contributed by atoms with Gasteiger partial charge >= 0.3 is 0 Å². The molecule has 1 aliphatic carbocycles. The smallest absolute Gasteiger partial charge is 0.123 e. The van der Waals surface area contributed by atoms with Crippen molar-refractivity contribution in [3.8, 4) is 11.8 Å². The summed E-state index contributed by atoms with van der Waals surface area (Å²) in [5.41, 5.74) is 1.76. The van der Waals surface area contributed by atoms with Gasteiger partial charge in [-0.3, -0.25) is 0 Å². The number of hydrogen-bond acceptors (Lipinski definition) is 4. The number of rotatable bonds is 6. The predicted octanol–water partition coefficient (Wildman–Crippen LogP) is 3.33. The van der Waals surface area contributed by atoms with Crippen LogP contribution in [0.4, 0.5) is 0 Å². The molecule has 4 heteroatoms. The summed E-state index contributed by atoms with van der Waals surface area (Å²) >= 11 is 2.05. The zero-order valence-corrected chi connectivity index (χ0v) is 13.0. The van der Waals surface area contributed by atoms with Crippen LogP contribution in [-0.2, 0) is 6.54 Å². The third-order valence-electron chi connectivity index (χ3n) is 3.80. The summed E-state index contributed by atoms with van der Waals surface area (Å²) in [6.07, 6.45) is 3.87. The molecule has 0 saturated heterocycles. The number of benzene rings is 1.